The van der Waals surface area contributed by atoms with Crippen LogP contribution < -0.4 is 5.73 Å². The van der Waals surface area contributed by atoms with E-state index in [1.807, 2.05) is 21.8 Å². The summed E-state index contributed by atoms with van der Waals surface area (Å²) in [4.78, 5) is 18.9. The third kappa shape index (κ3) is 1.94. The van der Waals surface area contributed by atoms with E-state index in [0.717, 1.165) is 61.4 Å². The highest BCUT2D eigenvalue weighted by Crippen LogP contribution is 2.35. The van der Waals surface area contributed by atoms with E-state index in [1.54, 1.807) is 6.20 Å². The molecule has 3 heterocycles. The maximum absolute atomic E-state index is 12.8. The minimum Gasteiger partial charge on any atom is -0.335 e. The molecule has 0 bridgehead atoms. The summed E-state index contributed by atoms with van der Waals surface area (Å²) in [5.74, 6) is 0.103. The third-order valence-corrected chi connectivity index (χ3v) is 4.56. The lowest BCUT2D eigenvalue weighted by Gasteiger charge is -2.28. The summed E-state index contributed by atoms with van der Waals surface area (Å²) in [6, 6.07) is 2.00. The van der Waals surface area contributed by atoms with E-state index in [0.29, 0.717) is 6.54 Å². The van der Waals surface area contributed by atoms with Crippen molar-refractivity contribution in [2.45, 2.75) is 25.8 Å². The maximum atomic E-state index is 12.8. The molecule has 2 aliphatic rings. The molecule has 0 fully saturated rings. The first-order valence-corrected chi connectivity index (χ1v) is 7.82. The zero-order valence-electron chi connectivity index (χ0n) is 12.5. The number of hydrogen-bond donors (Lipinski definition) is 1. The van der Waals surface area contributed by atoms with Crippen molar-refractivity contribution in [3.8, 4) is 11.3 Å². The average Bonchev–Trinajstić information content (AvgIpc) is 2.94. The number of rotatable bonds is 3. The minimum absolute atomic E-state index is 0.103. The number of carbonyl (C=O) groups is 1. The van der Waals surface area contributed by atoms with E-state index in [9.17, 15) is 4.79 Å². The van der Waals surface area contributed by atoms with Gasteiger partial charge < -0.3 is 10.6 Å². The Bertz CT molecular complexity index is 736. The van der Waals surface area contributed by atoms with Gasteiger partial charge in [-0.05, 0) is 37.4 Å². The second kappa shape index (κ2) is 5.21. The van der Waals surface area contributed by atoms with Crippen LogP contribution in [0.1, 0.15) is 28.0 Å². The Balaban J connectivity index is 1.76. The molecule has 0 aromatic carbocycles. The molecule has 0 radical (unpaired) electrons. The van der Waals surface area contributed by atoms with Gasteiger partial charge in [0.15, 0.2) is 0 Å². The van der Waals surface area contributed by atoms with Crippen molar-refractivity contribution in [2.24, 2.45) is 5.73 Å². The number of aryl methyl sites for hydroxylation is 1. The number of pyridine rings is 1. The number of nitrogens with zero attached hydrogens (tertiary/aromatic N) is 4. The van der Waals surface area contributed by atoms with Crippen LogP contribution in [0.3, 0.4) is 0 Å². The standard InChI is InChI=1S/C16H19N5O/c17-5-1-7-20-8-9-21-15(16(20)22)13-3-2-11-10-18-6-4-12(11)14(13)19-21/h4,6,10H,1-3,5,7-9,17H2. The van der Waals surface area contributed by atoms with Gasteiger partial charge in [-0.25, -0.2) is 0 Å². The Morgan fingerprint density at radius 2 is 2.18 bits per heavy atom. The molecule has 1 aliphatic heterocycles. The Morgan fingerprint density at radius 3 is 3.05 bits per heavy atom. The number of carbonyl (C=O) groups excluding carboxylic acids is 1. The van der Waals surface area contributed by atoms with Crippen molar-refractivity contribution in [3.05, 3.63) is 35.3 Å². The molecule has 0 saturated heterocycles. The van der Waals surface area contributed by atoms with Gasteiger partial charge in [0, 0.05) is 36.6 Å². The molecule has 0 unspecified atom stereocenters. The molecule has 0 atom stereocenters. The molecule has 1 amide bonds. The van der Waals surface area contributed by atoms with E-state index in [-0.39, 0.29) is 5.91 Å². The lowest BCUT2D eigenvalue weighted by atomic mass is 9.90. The summed E-state index contributed by atoms with van der Waals surface area (Å²) in [6.07, 6.45) is 6.33. The molecule has 0 saturated carbocycles. The second-order valence-electron chi connectivity index (χ2n) is 5.87. The van der Waals surface area contributed by atoms with Crippen molar-refractivity contribution in [1.82, 2.24) is 19.7 Å². The van der Waals surface area contributed by atoms with Crippen molar-refractivity contribution in [2.75, 3.05) is 19.6 Å². The number of nitrogens with two attached hydrogens (primary N) is 1. The van der Waals surface area contributed by atoms with Crippen LogP contribution in [0.2, 0.25) is 0 Å². The Labute approximate surface area is 128 Å². The first kappa shape index (κ1) is 13.5. The van der Waals surface area contributed by atoms with E-state index >= 15 is 0 Å². The summed E-state index contributed by atoms with van der Waals surface area (Å²) >= 11 is 0. The second-order valence-corrected chi connectivity index (χ2v) is 5.87. The molecule has 0 spiro atoms. The maximum Gasteiger partial charge on any atom is 0.272 e. The molecule has 22 heavy (non-hydrogen) atoms. The molecule has 2 aromatic rings. The van der Waals surface area contributed by atoms with Gasteiger partial charge in [-0.3, -0.25) is 14.5 Å². The van der Waals surface area contributed by atoms with Gasteiger partial charge in [-0.1, -0.05) is 0 Å². The predicted octanol–water partition coefficient (Wildman–Crippen LogP) is 0.848. The summed E-state index contributed by atoms with van der Waals surface area (Å²) in [5.41, 5.74) is 10.8. The normalized spacial score (nSPS) is 16.2. The molecular formula is C16H19N5O. The molecule has 6 heteroatoms. The van der Waals surface area contributed by atoms with Crippen LogP contribution in [0, 0.1) is 0 Å². The highest BCUT2D eigenvalue weighted by molar-refractivity contribution is 5.97. The summed E-state index contributed by atoms with van der Waals surface area (Å²) in [5, 5.41) is 4.71. The molecule has 114 valence electrons. The van der Waals surface area contributed by atoms with Gasteiger partial charge in [0.1, 0.15) is 5.69 Å². The van der Waals surface area contributed by atoms with Crippen molar-refractivity contribution < 1.29 is 4.79 Å². The van der Waals surface area contributed by atoms with Crippen LogP contribution in [-0.2, 0) is 19.4 Å². The van der Waals surface area contributed by atoms with Gasteiger partial charge in [0.2, 0.25) is 0 Å². The van der Waals surface area contributed by atoms with Crippen LogP contribution in [0.4, 0.5) is 0 Å². The fourth-order valence-corrected chi connectivity index (χ4v) is 3.43. The smallest absolute Gasteiger partial charge is 0.272 e. The monoisotopic (exact) mass is 297 g/mol. The molecule has 2 aromatic heterocycles. The van der Waals surface area contributed by atoms with E-state index < -0.39 is 0 Å². The Hall–Kier alpha value is -2.21. The highest BCUT2D eigenvalue weighted by Gasteiger charge is 2.33. The van der Waals surface area contributed by atoms with Crippen LogP contribution >= 0.6 is 0 Å². The first-order chi connectivity index (χ1) is 10.8. The number of fused-ring (bicyclic) bond motifs is 5. The SMILES string of the molecule is NCCCN1CCn2nc3c(c2C1=O)CCc1cnccc1-3. The van der Waals surface area contributed by atoms with Crippen molar-refractivity contribution in [1.29, 1.82) is 0 Å². The van der Waals surface area contributed by atoms with Crippen LogP contribution in [-0.4, -0.2) is 45.2 Å². The lowest BCUT2D eigenvalue weighted by molar-refractivity contribution is 0.0695. The number of amides is 1. The zero-order valence-corrected chi connectivity index (χ0v) is 12.5. The molecular weight excluding hydrogens is 278 g/mol. The van der Waals surface area contributed by atoms with Crippen LogP contribution in [0.25, 0.3) is 11.3 Å². The van der Waals surface area contributed by atoms with Gasteiger partial charge in [0.05, 0.1) is 12.2 Å². The largest absolute Gasteiger partial charge is 0.335 e. The van der Waals surface area contributed by atoms with Gasteiger partial charge in [0.25, 0.3) is 5.91 Å². The summed E-state index contributed by atoms with van der Waals surface area (Å²) < 4.78 is 1.89. The molecule has 2 N–H and O–H groups in total. The topological polar surface area (TPSA) is 77.0 Å². The lowest BCUT2D eigenvalue weighted by Crippen LogP contribution is -2.41. The van der Waals surface area contributed by atoms with E-state index in [1.165, 1.54) is 5.56 Å². The molecule has 6 nitrogen and oxygen atoms in total. The van der Waals surface area contributed by atoms with Crippen LogP contribution in [0.15, 0.2) is 18.5 Å². The first-order valence-electron chi connectivity index (χ1n) is 7.82. The average molecular weight is 297 g/mol. The third-order valence-electron chi connectivity index (χ3n) is 4.56. The number of aromatic nitrogens is 3. The fourth-order valence-electron chi connectivity index (χ4n) is 3.43. The van der Waals surface area contributed by atoms with Gasteiger partial charge in [-0.2, -0.15) is 5.10 Å². The predicted molar refractivity (Wildman–Crippen MR) is 82.4 cm³/mol. The summed E-state index contributed by atoms with van der Waals surface area (Å²) in [7, 11) is 0. The van der Waals surface area contributed by atoms with Gasteiger partial charge >= 0.3 is 0 Å². The minimum atomic E-state index is 0.103. The van der Waals surface area contributed by atoms with Gasteiger partial charge in [-0.15, -0.1) is 0 Å². The molecule has 4 rings (SSSR count). The quantitative estimate of drug-likeness (QED) is 0.911. The summed E-state index contributed by atoms with van der Waals surface area (Å²) in [6.45, 7) is 2.83. The Morgan fingerprint density at radius 1 is 1.27 bits per heavy atom. The van der Waals surface area contributed by atoms with Crippen molar-refractivity contribution in [3.63, 3.8) is 0 Å². The fraction of sp³-hybridized carbons (Fsp3) is 0.438. The van der Waals surface area contributed by atoms with Crippen molar-refractivity contribution >= 4 is 5.91 Å². The zero-order chi connectivity index (χ0) is 15.1. The highest BCUT2D eigenvalue weighted by atomic mass is 16.2. The molecule has 1 aliphatic carbocycles. The van der Waals surface area contributed by atoms with E-state index in [2.05, 4.69) is 4.98 Å². The number of hydrogen-bond acceptors (Lipinski definition) is 4. The van der Waals surface area contributed by atoms with Crippen LogP contribution in [0.5, 0.6) is 0 Å². The van der Waals surface area contributed by atoms with E-state index in [4.69, 9.17) is 10.8 Å². The Kier molecular flexibility index (Phi) is 3.18.